The standard InChI is InChI=1S/C16H17N3O4/c1-22-12-5-2-4-11(8-12)10-23-13-6-3-7-18-15(13)16(21)19-14(20)9-17/h2-8H,9-10,17H2,1H3,(H,19,20,21). The predicted octanol–water partition coefficient (Wildman–Crippen LogP) is 0.884. The average molecular weight is 315 g/mol. The second-order valence-electron chi connectivity index (χ2n) is 4.57. The van der Waals surface area contributed by atoms with Crippen LogP contribution in [0.25, 0.3) is 0 Å². The molecule has 0 fully saturated rings. The number of carbonyl (C=O) groups is 2. The minimum atomic E-state index is -0.651. The molecule has 0 bridgehead atoms. The van der Waals surface area contributed by atoms with Gasteiger partial charge >= 0.3 is 0 Å². The van der Waals surface area contributed by atoms with Gasteiger partial charge in [0, 0.05) is 6.20 Å². The average Bonchev–Trinajstić information content (AvgIpc) is 2.60. The van der Waals surface area contributed by atoms with Gasteiger partial charge in [0.05, 0.1) is 13.7 Å². The van der Waals surface area contributed by atoms with Crippen LogP contribution in [0.1, 0.15) is 16.1 Å². The number of aromatic nitrogens is 1. The van der Waals surface area contributed by atoms with Crippen molar-refractivity contribution in [1.82, 2.24) is 10.3 Å². The van der Waals surface area contributed by atoms with Gasteiger partial charge in [-0.15, -0.1) is 0 Å². The number of hydrogen-bond acceptors (Lipinski definition) is 6. The number of imide groups is 1. The number of methoxy groups -OCH3 is 1. The number of nitrogens with two attached hydrogens (primary N) is 1. The number of pyridine rings is 1. The zero-order valence-corrected chi connectivity index (χ0v) is 12.6. The number of nitrogens with zero attached hydrogens (tertiary/aromatic N) is 1. The zero-order chi connectivity index (χ0) is 16.7. The fourth-order valence-corrected chi connectivity index (χ4v) is 1.84. The molecule has 0 aliphatic carbocycles. The van der Waals surface area contributed by atoms with Gasteiger partial charge in [-0.3, -0.25) is 14.9 Å². The van der Waals surface area contributed by atoms with Gasteiger partial charge in [0.15, 0.2) is 11.4 Å². The van der Waals surface area contributed by atoms with Crippen LogP contribution in [0.3, 0.4) is 0 Å². The van der Waals surface area contributed by atoms with Crippen molar-refractivity contribution in [3.8, 4) is 11.5 Å². The van der Waals surface area contributed by atoms with Gasteiger partial charge in [-0.05, 0) is 29.8 Å². The number of rotatable bonds is 6. The second kappa shape index (κ2) is 7.90. The normalized spacial score (nSPS) is 10.0. The lowest BCUT2D eigenvalue weighted by atomic mass is 10.2. The van der Waals surface area contributed by atoms with Crippen molar-refractivity contribution in [2.24, 2.45) is 5.73 Å². The molecule has 0 saturated heterocycles. The fourth-order valence-electron chi connectivity index (χ4n) is 1.84. The molecule has 2 aromatic rings. The molecule has 0 spiro atoms. The van der Waals surface area contributed by atoms with E-state index in [1.807, 2.05) is 24.3 Å². The third kappa shape index (κ3) is 4.52. The Hall–Kier alpha value is -2.93. The number of amides is 2. The highest BCUT2D eigenvalue weighted by Crippen LogP contribution is 2.19. The molecule has 7 nitrogen and oxygen atoms in total. The molecule has 2 rings (SSSR count). The second-order valence-corrected chi connectivity index (χ2v) is 4.57. The Labute approximate surface area is 133 Å². The summed E-state index contributed by atoms with van der Waals surface area (Å²) in [6.07, 6.45) is 1.44. The molecule has 7 heteroatoms. The quantitative estimate of drug-likeness (QED) is 0.820. The summed E-state index contributed by atoms with van der Waals surface area (Å²) in [4.78, 5) is 27.2. The Balaban J connectivity index is 2.11. The van der Waals surface area contributed by atoms with Crippen molar-refractivity contribution < 1.29 is 19.1 Å². The molecular formula is C16H17N3O4. The summed E-state index contributed by atoms with van der Waals surface area (Å²) in [6, 6.07) is 10.6. The van der Waals surface area contributed by atoms with Gasteiger partial charge in [0.1, 0.15) is 12.4 Å². The van der Waals surface area contributed by atoms with Crippen LogP contribution in [0.2, 0.25) is 0 Å². The summed E-state index contributed by atoms with van der Waals surface area (Å²) in [5.74, 6) is -0.248. The Kier molecular flexibility index (Phi) is 5.65. The molecule has 23 heavy (non-hydrogen) atoms. The van der Waals surface area contributed by atoms with Gasteiger partial charge in [-0.1, -0.05) is 12.1 Å². The van der Waals surface area contributed by atoms with Crippen LogP contribution < -0.4 is 20.5 Å². The lowest BCUT2D eigenvalue weighted by Gasteiger charge is -2.11. The smallest absolute Gasteiger partial charge is 0.280 e. The molecule has 0 aliphatic rings. The predicted molar refractivity (Wildman–Crippen MR) is 83.1 cm³/mol. The van der Waals surface area contributed by atoms with Crippen LogP contribution in [0, 0.1) is 0 Å². The van der Waals surface area contributed by atoms with E-state index < -0.39 is 11.8 Å². The maximum atomic E-state index is 12.0. The third-order valence-electron chi connectivity index (χ3n) is 2.95. The largest absolute Gasteiger partial charge is 0.497 e. The zero-order valence-electron chi connectivity index (χ0n) is 12.6. The monoisotopic (exact) mass is 315 g/mol. The Morgan fingerprint density at radius 2 is 2.09 bits per heavy atom. The van der Waals surface area contributed by atoms with E-state index in [-0.39, 0.29) is 24.6 Å². The lowest BCUT2D eigenvalue weighted by molar-refractivity contribution is -0.118. The molecule has 0 aliphatic heterocycles. The summed E-state index contributed by atoms with van der Waals surface area (Å²) in [6.45, 7) is -0.0490. The minimum Gasteiger partial charge on any atom is -0.497 e. The van der Waals surface area contributed by atoms with E-state index in [2.05, 4.69) is 10.3 Å². The van der Waals surface area contributed by atoms with E-state index in [4.69, 9.17) is 15.2 Å². The third-order valence-corrected chi connectivity index (χ3v) is 2.95. The highest BCUT2D eigenvalue weighted by molar-refractivity contribution is 6.05. The van der Waals surface area contributed by atoms with E-state index >= 15 is 0 Å². The van der Waals surface area contributed by atoms with Gasteiger partial charge in [-0.25, -0.2) is 4.98 Å². The summed E-state index contributed by atoms with van der Waals surface area (Å²) in [5, 5.41) is 2.14. The van der Waals surface area contributed by atoms with Crippen molar-refractivity contribution in [3.63, 3.8) is 0 Å². The van der Waals surface area contributed by atoms with Crippen molar-refractivity contribution in [3.05, 3.63) is 53.9 Å². The van der Waals surface area contributed by atoms with Crippen molar-refractivity contribution >= 4 is 11.8 Å². The van der Waals surface area contributed by atoms with Crippen LogP contribution in [-0.2, 0) is 11.4 Å². The van der Waals surface area contributed by atoms with E-state index in [0.717, 1.165) is 5.56 Å². The number of hydrogen-bond donors (Lipinski definition) is 2. The van der Waals surface area contributed by atoms with E-state index in [1.165, 1.54) is 6.20 Å². The summed E-state index contributed by atoms with van der Waals surface area (Å²) >= 11 is 0. The first-order valence-corrected chi connectivity index (χ1v) is 6.89. The number of ether oxygens (including phenoxy) is 2. The number of benzene rings is 1. The van der Waals surface area contributed by atoms with Crippen LogP contribution in [0.5, 0.6) is 11.5 Å². The molecule has 2 amide bonds. The molecule has 120 valence electrons. The fraction of sp³-hybridized carbons (Fsp3) is 0.188. The first-order valence-electron chi connectivity index (χ1n) is 6.89. The first kappa shape index (κ1) is 16.4. The molecule has 1 aromatic carbocycles. The molecular weight excluding hydrogens is 298 g/mol. The highest BCUT2D eigenvalue weighted by atomic mass is 16.5. The van der Waals surface area contributed by atoms with Crippen molar-refractivity contribution in [2.45, 2.75) is 6.61 Å². The van der Waals surface area contributed by atoms with Gasteiger partial charge in [0.2, 0.25) is 5.91 Å². The summed E-state index contributed by atoms with van der Waals surface area (Å²) in [7, 11) is 1.58. The van der Waals surface area contributed by atoms with E-state index in [0.29, 0.717) is 5.75 Å². The minimum absolute atomic E-state index is 0.0252. The summed E-state index contributed by atoms with van der Waals surface area (Å²) < 4.78 is 10.8. The Morgan fingerprint density at radius 1 is 1.26 bits per heavy atom. The van der Waals surface area contributed by atoms with Crippen molar-refractivity contribution in [2.75, 3.05) is 13.7 Å². The van der Waals surface area contributed by atoms with Gasteiger partial charge < -0.3 is 15.2 Å². The topological polar surface area (TPSA) is 104 Å². The SMILES string of the molecule is COc1cccc(COc2cccnc2C(=O)NC(=O)CN)c1. The maximum Gasteiger partial charge on any atom is 0.280 e. The number of carbonyl (C=O) groups excluding carboxylic acids is 2. The molecule has 1 heterocycles. The number of nitrogens with one attached hydrogen (secondary N) is 1. The lowest BCUT2D eigenvalue weighted by Crippen LogP contribution is -2.36. The first-order chi connectivity index (χ1) is 11.1. The Morgan fingerprint density at radius 3 is 2.83 bits per heavy atom. The Bertz CT molecular complexity index is 703. The molecule has 0 radical (unpaired) electrons. The summed E-state index contributed by atoms with van der Waals surface area (Å²) in [5.41, 5.74) is 6.07. The molecule has 1 aromatic heterocycles. The molecule has 3 N–H and O–H groups in total. The van der Waals surface area contributed by atoms with E-state index in [9.17, 15) is 9.59 Å². The maximum absolute atomic E-state index is 12.0. The van der Waals surface area contributed by atoms with E-state index in [1.54, 1.807) is 19.2 Å². The van der Waals surface area contributed by atoms with Crippen LogP contribution in [0.15, 0.2) is 42.6 Å². The highest BCUT2D eigenvalue weighted by Gasteiger charge is 2.16. The molecule has 0 saturated carbocycles. The van der Waals surface area contributed by atoms with Gasteiger partial charge in [0.25, 0.3) is 5.91 Å². The van der Waals surface area contributed by atoms with Crippen LogP contribution in [-0.4, -0.2) is 30.5 Å². The van der Waals surface area contributed by atoms with Crippen LogP contribution >= 0.6 is 0 Å². The molecule has 0 unspecified atom stereocenters. The van der Waals surface area contributed by atoms with Gasteiger partial charge in [-0.2, -0.15) is 0 Å². The van der Waals surface area contributed by atoms with Crippen LogP contribution in [0.4, 0.5) is 0 Å². The molecule has 0 atom stereocenters. The van der Waals surface area contributed by atoms with Crippen molar-refractivity contribution in [1.29, 1.82) is 0 Å².